The van der Waals surface area contributed by atoms with Crippen molar-refractivity contribution in [3.05, 3.63) is 39.6 Å². The molecule has 0 aliphatic carbocycles. The molecule has 1 aromatic carbocycles. The average Bonchev–Trinajstić information content (AvgIpc) is 2.79. The van der Waals surface area contributed by atoms with Gasteiger partial charge in [0.25, 0.3) is 0 Å². The van der Waals surface area contributed by atoms with Crippen molar-refractivity contribution in [3.8, 4) is 0 Å². The minimum atomic E-state index is -0.522. The first kappa shape index (κ1) is 13.1. The van der Waals surface area contributed by atoms with Crippen LogP contribution in [-0.2, 0) is 5.54 Å². The Labute approximate surface area is 114 Å². The highest BCUT2D eigenvalue weighted by Gasteiger charge is 2.24. The van der Waals surface area contributed by atoms with Crippen LogP contribution in [0.25, 0.3) is 0 Å². The van der Waals surface area contributed by atoms with Crippen molar-refractivity contribution in [3.63, 3.8) is 0 Å². The quantitative estimate of drug-likeness (QED) is 0.842. The van der Waals surface area contributed by atoms with Crippen molar-refractivity contribution in [2.45, 2.75) is 19.4 Å². The van der Waals surface area contributed by atoms with Gasteiger partial charge in [-0.1, -0.05) is 11.6 Å². The molecule has 0 fully saturated rings. The third-order valence-electron chi connectivity index (χ3n) is 2.51. The molecule has 96 valence electrons. The maximum atomic E-state index is 13.2. The highest BCUT2D eigenvalue weighted by molar-refractivity contribution is 7.09. The fourth-order valence-corrected chi connectivity index (χ4v) is 2.47. The average molecular weight is 286 g/mol. The Bertz CT molecular complexity index is 555. The Balaban J connectivity index is 2.32. The summed E-state index contributed by atoms with van der Waals surface area (Å²) < 4.78 is 13.2. The summed E-state index contributed by atoms with van der Waals surface area (Å²) in [6.45, 7) is 3.95. The van der Waals surface area contributed by atoms with E-state index in [1.54, 1.807) is 17.5 Å². The lowest BCUT2D eigenvalue weighted by Gasteiger charge is -2.26. The largest absolute Gasteiger partial charge is 0.397 e. The Hall–Kier alpha value is -1.33. The van der Waals surface area contributed by atoms with Crippen molar-refractivity contribution in [2.24, 2.45) is 0 Å². The van der Waals surface area contributed by atoms with E-state index in [2.05, 4.69) is 10.3 Å². The number of aromatic nitrogens is 1. The van der Waals surface area contributed by atoms with E-state index in [0.717, 1.165) is 5.01 Å². The Morgan fingerprint density at radius 3 is 2.78 bits per heavy atom. The minimum Gasteiger partial charge on any atom is -0.397 e. The molecule has 1 heterocycles. The first-order chi connectivity index (χ1) is 8.40. The lowest BCUT2D eigenvalue weighted by molar-refractivity contribution is 0.602. The Morgan fingerprint density at radius 1 is 1.44 bits per heavy atom. The zero-order valence-electron chi connectivity index (χ0n) is 10.00. The van der Waals surface area contributed by atoms with Crippen LogP contribution in [0.1, 0.15) is 18.9 Å². The number of benzene rings is 1. The van der Waals surface area contributed by atoms with E-state index < -0.39 is 11.4 Å². The van der Waals surface area contributed by atoms with Crippen LogP contribution in [0.3, 0.4) is 0 Å². The smallest absolute Gasteiger partial charge is 0.143 e. The summed E-state index contributed by atoms with van der Waals surface area (Å²) >= 11 is 7.30. The number of nitrogens with zero attached hydrogens (tertiary/aromatic N) is 1. The number of nitrogens with one attached hydrogen (secondary N) is 1. The third-order valence-corrected chi connectivity index (χ3v) is 3.89. The highest BCUT2D eigenvalue weighted by Crippen LogP contribution is 2.32. The molecule has 0 amide bonds. The molecule has 0 bridgehead atoms. The standard InChI is InChI=1S/C12H13ClFN3S/c1-12(2,11-16-3-4-18-11)17-10-5-7(13)8(14)6-9(10)15/h3-6,17H,15H2,1-2H3. The number of rotatable bonds is 3. The molecule has 0 radical (unpaired) electrons. The molecule has 6 heteroatoms. The predicted molar refractivity (Wildman–Crippen MR) is 74.6 cm³/mol. The van der Waals surface area contributed by atoms with Crippen LogP contribution in [-0.4, -0.2) is 4.98 Å². The van der Waals surface area contributed by atoms with Crippen LogP contribution >= 0.6 is 22.9 Å². The number of thiazole rings is 1. The van der Waals surface area contributed by atoms with Gasteiger partial charge < -0.3 is 11.1 Å². The fourth-order valence-electron chi connectivity index (χ4n) is 1.59. The normalized spacial score (nSPS) is 11.6. The van der Waals surface area contributed by atoms with Gasteiger partial charge in [-0.3, -0.25) is 0 Å². The molecule has 0 aliphatic heterocycles. The van der Waals surface area contributed by atoms with E-state index in [1.807, 2.05) is 19.2 Å². The monoisotopic (exact) mass is 285 g/mol. The Kier molecular flexibility index (Phi) is 3.45. The number of hydrogen-bond acceptors (Lipinski definition) is 4. The molecular weight excluding hydrogens is 273 g/mol. The molecule has 0 saturated carbocycles. The van der Waals surface area contributed by atoms with Crippen molar-refractivity contribution >= 4 is 34.3 Å². The summed E-state index contributed by atoms with van der Waals surface area (Å²) in [6, 6.07) is 2.70. The molecule has 2 aromatic rings. The second-order valence-electron chi connectivity index (χ2n) is 4.44. The predicted octanol–water partition coefficient (Wildman–Crippen LogP) is 3.87. The van der Waals surface area contributed by atoms with Gasteiger partial charge in [-0.15, -0.1) is 11.3 Å². The molecule has 18 heavy (non-hydrogen) atoms. The molecule has 0 atom stereocenters. The van der Waals surface area contributed by atoms with Crippen LogP contribution in [0.5, 0.6) is 0 Å². The second kappa shape index (κ2) is 4.74. The summed E-state index contributed by atoms with van der Waals surface area (Å²) in [5, 5.41) is 6.09. The van der Waals surface area contributed by atoms with Crippen LogP contribution in [0, 0.1) is 5.82 Å². The van der Waals surface area contributed by atoms with Crippen LogP contribution in [0.15, 0.2) is 23.7 Å². The number of halogens is 2. The van der Waals surface area contributed by atoms with Gasteiger partial charge in [0.15, 0.2) is 0 Å². The summed E-state index contributed by atoms with van der Waals surface area (Å²) in [4.78, 5) is 4.26. The summed E-state index contributed by atoms with van der Waals surface area (Å²) in [6.07, 6.45) is 1.74. The topological polar surface area (TPSA) is 50.9 Å². The van der Waals surface area contributed by atoms with E-state index in [9.17, 15) is 4.39 Å². The maximum absolute atomic E-state index is 13.2. The molecular formula is C12H13ClFN3S. The summed E-state index contributed by atoms with van der Waals surface area (Å²) in [5.41, 5.74) is 6.29. The van der Waals surface area contributed by atoms with E-state index in [0.29, 0.717) is 11.4 Å². The van der Waals surface area contributed by atoms with Crippen molar-refractivity contribution in [1.29, 1.82) is 0 Å². The first-order valence-electron chi connectivity index (χ1n) is 5.33. The van der Waals surface area contributed by atoms with Crippen LogP contribution in [0.2, 0.25) is 5.02 Å². The molecule has 3 nitrogen and oxygen atoms in total. The molecule has 1 aromatic heterocycles. The summed E-state index contributed by atoms with van der Waals surface area (Å²) in [5.74, 6) is -0.522. The molecule has 0 saturated heterocycles. The SMILES string of the molecule is CC(C)(Nc1cc(Cl)c(F)cc1N)c1nccs1. The third kappa shape index (κ3) is 2.57. The molecule has 0 unspecified atom stereocenters. The van der Waals surface area contributed by atoms with Gasteiger partial charge in [0.05, 0.1) is 21.9 Å². The first-order valence-corrected chi connectivity index (χ1v) is 6.58. The lowest BCUT2D eigenvalue weighted by Crippen LogP contribution is -2.28. The molecule has 3 N–H and O–H groups in total. The van der Waals surface area contributed by atoms with Gasteiger partial charge in [-0.05, 0) is 19.9 Å². The van der Waals surface area contributed by atoms with E-state index >= 15 is 0 Å². The maximum Gasteiger partial charge on any atom is 0.143 e. The highest BCUT2D eigenvalue weighted by atomic mass is 35.5. The van der Waals surface area contributed by atoms with Gasteiger partial charge in [0.1, 0.15) is 10.8 Å². The van der Waals surface area contributed by atoms with Gasteiger partial charge in [0.2, 0.25) is 0 Å². The number of anilines is 2. The zero-order chi connectivity index (χ0) is 13.3. The van der Waals surface area contributed by atoms with E-state index in [-0.39, 0.29) is 5.02 Å². The number of nitrogen functional groups attached to an aromatic ring is 1. The van der Waals surface area contributed by atoms with Gasteiger partial charge in [-0.2, -0.15) is 0 Å². The molecule has 2 rings (SSSR count). The van der Waals surface area contributed by atoms with Crippen LogP contribution in [0.4, 0.5) is 15.8 Å². The van der Waals surface area contributed by atoms with Crippen molar-refractivity contribution in [2.75, 3.05) is 11.1 Å². The van der Waals surface area contributed by atoms with E-state index in [4.69, 9.17) is 17.3 Å². The second-order valence-corrected chi connectivity index (χ2v) is 5.74. The zero-order valence-corrected chi connectivity index (χ0v) is 11.6. The number of hydrogen-bond donors (Lipinski definition) is 2. The number of nitrogens with two attached hydrogens (primary N) is 1. The lowest BCUT2D eigenvalue weighted by atomic mass is 10.1. The van der Waals surface area contributed by atoms with Crippen molar-refractivity contribution in [1.82, 2.24) is 4.98 Å². The van der Waals surface area contributed by atoms with Gasteiger partial charge >= 0.3 is 0 Å². The van der Waals surface area contributed by atoms with E-state index in [1.165, 1.54) is 12.1 Å². The van der Waals surface area contributed by atoms with Gasteiger partial charge in [0, 0.05) is 17.6 Å². The molecule has 0 spiro atoms. The Morgan fingerprint density at radius 2 is 2.17 bits per heavy atom. The van der Waals surface area contributed by atoms with Crippen molar-refractivity contribution < 1.29 is 4.39 Å². The van der Waals surface area contributed by atoms with Crippen LogP contribution < -0.4 is 11.1 Å². The molecule has 0 aliphatic rings. The minimum absolute atomic E-state index is 0.0432. The van der Waals surface area contributed by atoms with Gasteiger partial charge in [-0.25, -0.2) is 9.37 Å². The summed E-state index contributed by atoms with van der Waals surface area (Å²) in [7, 11) is 0. The fraction of sp³-hybridized carbons (Fsp3) is 0.250.